The standard InChI is InChI=1S/C44H43IN2O6/c1-21(2)33-27-17-25(7)35(41(50)37(27)29(39(48)43(33)52)19-46-31-15-11-9-13-23(31)5)36-26(8)18-28-34(22(3)4)44(53-45)40(49)30(38(28)42(36)51)20-47-32-16-12-10-14-24(32)6/h9-22,46-47,50-52H,1-8H3/b29-19?,30-20-. The molecule has 9 heteroatoms. The molecule has 4 aromatic rings. The monoisotopic (exact) mass is 822 g/mol. The Kier molecular flexibility index (Phi) is 10.3. The lowest BCUT2D eigenvalue weighted by molar-refractivity contribution is -0.113. The summed E-state index contributed by atoms with van der Waals surface area (Å²) in [5.41, 5.74) is 8.41. The van der Waals surface area contributed by atoms with Gasteiger partial charge in [0.25, 0.3) is 0 Å². The average Bonchev–Trinajstić information content (AvgIpc) is 3.10. The van der Waals surface area contributed by atoms with E-state index in [0.29, 0.717) is 50.1 Å². The van der Waals surface area contributed by atoms with Crippen LogP contribution in [-0.2, 0) is 12.7 Å². The van der Waals surface area contributed by atoms with Crippen molar-refractivity contribution in [2.24, 2.45) is 11.8 Å². The van der Waals surface area contributed by atoms with Gasteiger partial charge < -0.3 is 29.0 Å². The number of aliphatic hydroxyl groups excluding tert-OH is 1. The predicted molar refractivity (Wildman–Crippen MR) is 222 cm³/mol. The number of phenols is 2. The molecule has 4 aromatic carbocycles. The lowest BCUT2D eigenvalue weighted by Gasteiger charge is -2.30. The maximum atomic E-state index is 14.2. The zero-order valence-corrected chi connectivity index (χ0v) is 33.2. The highest BCUT2D eigenvalue weighted by Crippen LogP contribution is 2.54. The smallest absolute Gasteiger partial charge is 0.231 e. The van der Waals surface area contributed by atoms with E-state index in [1.165, 1.54) is 6.20 Å². The molecule has 2 aliphatic carbocycles. The van der Waals surface area contributed by atoms with Crippen LogP contribution in [0.2, 0.25) is 0 Å². The Labute approximate surface area is 324 Å². The van der Waals surface area contributed by atoms with E-state index in [1.54, 1.807) is 29.2 Å². The Balaban J connectivity index is 1.65. The number of Topliss-reactive ketones (excluding diaryl/α,β-unsaturated/α-hetero) is 2. The number of aryl methyl sites for hydroxylation is 4. The summed E-state index contributed by atoms with van der Waals surface area (Å²) in [6, 6.07) is 19.0. The first-order valence-electron chi connectivity index (χ1n) is 17.5. The Bertz CT molecular complexity index is 2340. The molecule has 0 spiro atoms. The maximum absolute atomic E-state index is 14.2. The molecule has 0 saturated carbocycles. The van der Waals surface area contributed by atoms with E-state index < -0.39 is 11.6 Å². The summed E-state index contributed by atoms with van der Waals surface area (Å²) >= 11 is 1.73. The molecule has 5 N–H and O–H groups in total. The third kappa shape index (κ3) is 6.41. The average molecular weight is 823 g/mol. The highest BCUT2D eigenvalue weighted by molar-refractivity contribution is 14.1. The van der Waals surface area contributed by atoms with Crippen LogP contribution < -0.4 is 10.6 Å². The fourth-order valence-electron chi connectivity index (χ4n) is 7.45. The summed E-state index contributed by atoms with van der Waals surface area (Å²) in [7, 11) is 0. The molecule has 0 radical (unpaired) electrons. The van der Waals surface area contributed by atoms with E-state index in [0.717, 1.165) is 22.5 Å². The summed E-state index contributed by atoms with van der Waals surface area (Å²) in [5, 5.41) is 42.6. The molecule has 6 rings (SSSR count). The van der Waals surface area contributed by atoms with Crippen LogP contribution in [0.15, 0.2) is 84.6 Å². The van der Waals surface area contributed by atoms with E-state index in [-0.39, 0.29) is 51.6 Å². The molecule has 0 unspecified atom stereocenters. The number of anilines is 2. The van der Waals surface area contributed by atoms with E-state index in [2.05, 4.69) is 10.6 Å². The first-order chi connectivity index (χ1) is 25.2. The summed E-state index contributed by atoms with van der Waals surface area (Å²) < 4.78 is 5.70. The van der Waals surface area contributed by atoms with Crippen LogP contribution in [0.5, 0.6) is 11.5 Å². The molecule has 0 aromatic heterocycles. The fourth-order valence-corrected chi connectivity index (χ4v) is 7.89. The first-order valence-corrected chi connectivity index (χ1v) is 18.4. The number of benzene rings is 4. The summed E-state index contributed by atoms with van der Waals surface area (Å²) in [5.74, 6) is -2.01. The summed E-state index contributed by atoms with van der Waals surface area (Å²) in [4.78, 5) is 28.2. The number of rotatable bonds is 8. The number of ketones is 2. The van der Waals surface area contributed by atoms with Crippen LogP contribution in [0.25, 0.3) is 33.4 Å². The molecule has 272 valence electrons. The van der Waals surface area contributed by atoms with Crippen molar-refractivity contribution in [1.29, 1.82) is 0 Å². The van der Waals surface area contributed by atoms with Gasteiger partial charge >= 0.3 is 0 Å². The molecular weight excluding hydrogens is 779 g/mol. The van der Waals surface area contributed by atoms with Crippen LogP contribution >= 0.6 is 23.0 Å². The van der Waals surface area contributed by atoms with Gasteiger partial charge in [0.1, 0.15) is 11.5 Å². The molecule has 0 amide bonds. The van der Waals surface area contributed by atoms with Gasteiger partial charge in [-0.05, 0) is 85.0 Å². The number of aromatic hydroxyl groups is 2. The van der Waals surface area contributed by atoms with Crippen molar-refractivity contribution >= 4 is 68.2 Å². The molecule has 2 aliphatic rings. The highest BCUT2D eigenvalue weighted by atomic mass is 127. The Morgan fingerprint density at radius 2 is 1.02 bits per heavy atom. The number of halogens is 1. The van der Waals surface area contributed by atoms with Gasteiger partial charge in [-0.2, -0.15) is 0 Å². The number of nitrogens with one attached hydrogen (secondary N) is 2. The Morgan fingerprint density at radius 1 is 0.604 bits per heavy atom. The van der Waals surface area contributed by atoms with Crippen molar-refractivity contribution in [2.75, 3.05) is 10.6 Å². The number of fused-ring (bicyclic) bond motifs is 2. The fraction of sp³-hybridized carbons (Fsp3) is 0.227. The van der Waals surface area contributed by atoms with Crippen molar-refractivity contribution in [3.05, 3.63) is 129 Å². The van der Waals surface area contributed by atoms with E-state index >= 15 is 0 Å². The first kappa shape index (κ1) is 37.5. The van der Waals surface area contributed by atoms with Crippen molar-refractivity contribution in [2.45, 2.75) is 55.4 Å². The molecule has 0 heterocycles. The van der Waals surface area contributed by atoms with Gasteiger partial charge in [-0.25, -0.2) is 0 Å². The maximum Gasteiger partial charge on any atom is 0.231 e. The predicted octanol–water partition coefficient (Wildman–Crippen LogP) is 10.7. The lowest BCUT2D eigenvalue weighted by Crippen LogP contribution is -2.20. The van der Waals surface area contributed by atoms with Gasteiger partial charge in [0, 0.05) is 57.2 Å². The zero-order chi connectivity index (χ0) is 38.5. The second-order valence-electron chi connectivity index (χ2n) is 14.3. The Morgan fingerprint density at radius 3 is 1.43 bits per heavy atom. The molecule has 0 aliphatic heterocycles. The van der Waals surface area contributed by atoms with Crippen LogP contribution in [0, 0.1) is 39.5 Å². The lowest BCUT2D eigenvalue weighted by atomic mass is 9.75. The summed E-state index contributed by atoms with van der Waals surface area (Å²) in [6.45, 7) is 15.2. The molecule has 53 heavy (non-hydrogen) atoms. The number of para-hydroxylation sites is 2. The molecule has 0 bridgehead atoms. The van der Waals surface area contributed by atoms with Crippen molar-refractivity contribution in [3.8, 4) is 22.6 Å². The van der Waals surface area contributed by atoms with E-state index in [1.807, 2.05) is 116 Å². The van der Waals surface area contributed by atoms with Gasteiger partial charge in [0.15, 0.2) is 34.5 Å². The van der Waals surface area contributed by atoms with Gasteiger partial charge in [-0.3, -0.25) is 9.59 Å². The van der Waals surface area contributed by atoms with Crippen LogP contribution in [-0.4, -0.2) is 26.9 Å². The van der Waals surface area contributed by atoms with Crippen molar-refractivity contribution in [1.82, 2.24) is 0 Å². The molecule has 0 fully saturated rings. The van der Waals surface area contributed by atoms with Crippen LogP contribution in [0.4, 0.5) is 11.4 Å². The highest BCUT2D eigenvalue weighted by Gasteiger charge is 2.39. The second kappa shape index (κ2) is 14.6. The largest absolute Gasteiger partial charge is 0.507 e. The van der Waals surface area contributed by atoms with Crippen molar-refractivity contribution in [3.63, 3.8) is 0 Å². The van der Waals surface area contributed by atoms with Gasteiger partial charge in [0.05, 0.1) is 11.1 Å². The number of aliphatic hydroxyl groups is 1. The second-order valence-corrected chi connectivity index (χ2v) is 14.7. The summed E-state index contributed by atoms with van der Waals surface area (Å²) in [6.07, 6.45) is 3.10. The molecule has 0 saturated heterocycles. The molecule has 0 atom stereocenters. The Hall–Kier alpha value is -5.29. The minimum atomic E-state index is -0.630. The van der Waals surface area contributed by atoms with Crippen LogP contribution in [0.3, 0.4) is 0 Å². The number of carbonyl (C=O) groups excluding carboxylic acids is 2. The third-order valence-corrected chi connectivity index (χ3v) is 10.5. The van der Waals surface area contributed by atoms with Crippen molar-refractivity contribution < 1.29 is 28.0 Å². The quantitative estimate of drug-likeness (QED) is 0.0878. The van der Waals surface area contributed by atoms with Crippen LogP contribution in [0.1, 0.15) is 72.2 Å². The zero-order valence-electron chi connectivity index (χ0n) is 31.0. The third-order valence-electron chi connectivity index (χ3n) is 10.0. The normalized spacial score (nSPS) is 15.8. The number of phenolic OH excluding ortho intramolecular Hbond substituents is 2. The SMILES string of the molecule is Cc1ccccc1NC=C1C(=O)C(O)=C(C(C)C)c2cc(C)c(-c3c(C)cc4c(c3O)/C(=C/Nc3ccccc3C)C(=O)C(OI)=C4C(C)C)c(O)c21. The van der Waals surface area contributed by atoms with Gasteiger partial charge in [-0.15, -0.1) is 0 Å². The van der Waals surface area contributed by atoms with Gasteiger partial charge in [-0.1, -0.05) is 76.2 Å². The number of carbonyl (C=O) groups is 2. The molecule has 8 nitrogen and oxygen atoms in total. The van der Waals surface area contributed by atoms with E-state index in [9.17, 15) is 24.9 Å². The number of hydrogen-bond donors (Lipinski definition) is 5. The minimum absolute atomic E-state index is 0.0751. The van der Waals surface area contributed by atoms with Gasteiger partial charge in [0.2, 0.25) is 11.6 Å². The molecular formula is C44H43IN2O6. The number of hydrogen-bond acceptors (Lipinski definition) is 8. The number of allylic oxidation sites excluding steroid dienone is 4. The minimum Gasteiger partial charge on any atom is -0.507 e. The topological polar surface area (TPSA) is 128 Å². The van der Waals surface area contributed by atoms with E-state index in [4.69, 9.17) is 3.07 Å².